The predicted octanol–water partition coefficient (Wildman–Crippen LogP) is 3.85. The van der Waals surface area contributed by atoms with Crippen molar-refractivity contribution in [2.24, 2.45) is 11.3 Å². The van der Waals surface area contributed by atoms with E-state index in [2.05, 4.69) is 9.71 Å². The van der Waals surface area contributed by atoms with E-state index in [0.717, 1.165) is 25.8 Å². The maximum Gasteiger partial charge on any atom is 0.281 e. The number of carbonyl (C=O) groups excluding carboxylic acids is 1. The minimum Gasteiger partial charge on any atom is -0.384 e. The number of nitrogens with two attached hydrogens (primary N) is 1. The molecular weight excluding hydrogens is 509 g/mol. The van der Waals surface area contributed by atoms with E-state index < -0.39 is 21.5 Å². The molecule has 2 aliphatic carbocycles. The molecule has 202 valence electrons. The second-order valence-corrected chi connectivity index (χ2v) is 12.4. The average Bonchev–Trinajstić information content (AvgIpc) is 3.50. The predicted molar refractivity (Wildman–Crippen MR) is 141 cm³/mol. The number of nitrogen functional groups attached to an aromatic ring is 1. The van der Waals surface area contributed by atoms with Gasteiger partial charge in [-0.05, 0) is 67.0 Å². The molecule has 1 saturated heterocycles. The van der Waals surface area contributed by atoms with Crippen LogP contribution in [0.2, 0.25) is 0 Å². The zero-order valence-electron chi connectivity index (χ0n) is 21.5. The van der Waals surface area contributed by atoms with Gasteiger partial charge in [0, 0.05) is 19.5 Å². The first-order chi connectivity index (χ1) is 18.0. The van der Waals surface area contributed by atoms with E-state index in [1.165, 1.54) is 30.3 Å². The summed E-state index contributed by atoms with van der Waals surface area (Å²) in [5.41, 5.74) is 5.28. The SMILES string of the molecule is CC(C)COC1(c2ccc(C(=O)NS(=O)(=O)c3cccc(N)n3)c(N3CCC4(CC4)C3)n2)C=CC=C(F)C1. The second-order valence-electron chi connectivity index (χ2n) is 10.8. The lowest BCUT2D eigenvalue weighted by molar-refractivity contribution is -0.0327. The van der Waals surface area contributed by atoms with Gasteiger partial charge in [-0.2, -0.15) is 8.42 Å². The Morgan fingerprint density at radius 3 is 2.66 bits per heavy atom. The van der Waals surface area contributed by atoms with Crippen LogP contribution in [0.4, 0.5) is 16.0 Å². The summed E-state index contributed by atoms with van der Waals surface area (Å²) in [4.78, 5) is 24.1. The van der Waals surface area contributed by atoms with Gasteiger partial charge in [0.15, 0.2) is 5.03 Å². The molecule has 2 aromatic rings. The molecule has 3 aliphatic rings. The number of carbonyl (C=O) groups is 1. The van der Waals surface area contributed by atoms with Gasteiger partial charge in [0.2, 0.25) is 0 Å². The molecular formula is C27H32FN5O4S. The van der Waals surface area contributed by atoms with Crippen molar-refractivity contribution >= 4 is 27.6 Å². The Labute approximate surface area is 222 Å². The van der Waals surface area contributed by atoms with E-state index in [1.807, 2.05) is 18.7 Å². The Morgan fingerprint density at radius 2 is 2.00 bits per heavy atom. The molecule has 11 heteroatoms. The number of halogens is 1. The monoisotopic (exact) mass is 541 g/mol. The minimum atomic E-state index is -4.28. The Hall–Kier alpha value is -3.31. The highest BCUT2D eigenvalue weighted by Gasteiger charge is 2.49. The highest BCUT2D eigenvalue weighted by atomic mass is 32.2. The van der Waals surface area contributed by atoms with Crippen LogP contribution >= 0.6 is 0 Å². The summed E-state index contributed by atoms with van der Waals surface area (Å²) in [5.74, 6) is -0.580. The molecule has 0 aromatic carbocycles. The summed E-state index contributed by atoms with van der Waals surface area (Å²) in [6.45, 7) is 5.80. The number of anilines is 2. The first-order valence-corrected chi connectivity index (χ1v) is 14.2. The molecule has 1 spiro atoms. The van der Waals surface area contributed by atoms with Crippen molar-refractivity contribution in [3.05, 3.63) is 65.6 Å². The van der Waals surface area contributed by atoms with Gasteiger partial charge in [-0.1, -0.05) is 26.0 Å². The number of rotatable bonds is 8. The molecule has 9 nitrogen and oxygen atoms in total. The summed E-state index contributed by atoms with van der Waals surface area (Å²) < 4.78 is 48.7. The van der Waals surface area contributed by atoms with Crippen LogP contribution in [-0.4, -0.2) is 44.0 Å². The molecule has 2 fully saturated rings. The van der Waals surface area contributed by atoms with Gasteiger partial charge in [-0.15, -0.1) is 0 Å². The van der Waals surface area contributed by atoms with E-state index in [1.54, 1.807) is 18.2 Å². The fourth-order valence-electron chi connectivity index (χ4n) is 4.95. The normalized spacial score (nSPS) is 22.1. The van der Waals surface area contributed by atoms with Crippen LogP contribution in [0.1, 0.15) is 55.6 Å². The largest absolute Gasteiger partial charge is 0.384 e. The van der Waals surface area contributed by atoms with Gasteiger partial charge in [-0.25, -0.2) is 19.1 Å². The fourth-order valence-corrected chi connectivity index (χ4v) is 5.90. The van der Waals surface area contributed by atoms with Gasteiger partial charge in [0.1, 0.15) is 23.1 Å². The Kier molecular flexibility index (Phi) is 6.77. The van der Waals surface area contributed by atoms with Crippen molar-refractivity contribution in [1.29, 1.82) is 0 Å². The molecule has 2 aromatic heterocycles. The van der Waals surface area contributed by atoms with Gasteiger partial charge in [-0.3, -0.25) is 4.79 Å². The topological polar surface area (TPSA) is 128 Å². The number of ether oxygens (including phenoxy) is 1. The van der Waals surface area contributed by atoms with E-state index >= 15 is 0 Å². The van der Waals surface area contributed by atoms with Crippen molar-refractivity contribution in [2.45, 2.75) is 50.2 Å². The molecule has 38 heavy (non-hydrogen) atoms. The Bertz CT molecular complexity index is 1420. The molecule has 1 saturated carbocycles. The lowest BCUT2D eigenvalue weighted by Crippen LogP contribution is -2.35. The maximum atomic E-state index is 14.5. The number of allylic oxidation sites excluding steroid dienone is 2. The summed E-state index contributed by atoms with van der Waals surface area (Å²) in [6.07, 6.45) is 7.96. The highest BCUT2D eigenvalue weighted by Crippen LogP contribution is 2.53. The molecule has 1 unspecified atom stereocenters. The minimum absolute atomic E-state index is 0.0202. The third-order valence-corrected chi connectivity index (χ3v) is 8.48. The first-order valence-electron chi connectivity index (χ1n) is 12.7. The van der Waals surface area contributed by atoms with E-state index in [-0.39, 0.29) is 40.0 Å². The van der Waals surface area contributed by atoms with E-state index in [0.29, 0.717) is 24.7 Å². The van der Waals surface area contributed by atoms with Crippen molar-refractivity contribution in [3.63, 3.8) is 0 Å². The molecule has 0 radical (unpaired) electrons. The molecule has 3 heterocycles. The van der Waals surface area contributed by atoms with E-state index in [4.69, 9.17) is 15.5 Å². The fraction of sp³-hybridized carbons (Fsp3) is 0.444. The van der Waals surface area contributed by atoms with Crippen LogP contribution in [0, 0.1) is 11.3 Å². The number of sulfonamides is 1. The Morgan fingerprint density at radius 1 is 1.21 bits per heavy atom. The van der Waals surface area contributed by atoms with Crippen LogP contribution in [0.5, 0.6) is 0 Å². The van der Waals surface area contributed by atoms with Gasteiger partial charge in [0.05, 0.1) is 17.9 Å². The van der Waals surface area contributed by atoms with Crippen molar-refractivity contribution in [3.8, 4) is 0 Å². The number of nitrogens with zero attached hydrogens (tertiary/aromatic N) is 3. The summed E-state index contributed by atoms with van der Waals surface area (Å²) in [7, 11) is -4.28. The highest BCUT2D eigenvalue weighted by molar-refractivity contribution is 7.90. The number of nitrogens with one attached hydrogen (secondary N) is 1. The van der Waals surface area contributed by atoms with Crippen LogP contribution in [0.3, 0.4) is 0 Å². The number of hydrogen-bond acceptors (Lipinski definition) is 8. The molecule has 3 N–H and O–H groups in total. The first kappa shape index (κ1) is 26.3. The van der Waals surface area contributed by atoms with Crippen LogP contribution < -0.4 is 15.4 Å². The van der Waals surface area contributed by atoms with E-state index in [9.17, 15) is 17.6 Å². The molecule has 1 aliphatic heterocycles. The zero-order chi connectivity index (χ0) is 27.1. The smallest absolute Gasteiger partial charge is 0.281 e. The number of pyridine rings is 2. The third-order valence-electron chi connectivity index (χ3n) is 7.24. The molecule has 1 amide bonds. The van der Waals surface area contributed by atoms with Crippen LogP contribution in [-0.2, 0) is 20.4 Å². The number of hydrogen-bond donors (Lipinski definition) is 2. The van der Waals surface area contributed by atoms with Crippen molar-refractivity contribution in [1.82, 2.24) is 14.7 Å². The quantitative estimate of drug-likeness (QED) is 0.516. The van der Waals surface area contributed by atoms with Crippen LogP contribution in [0.15, 0.2) is 59.4 Å². The number of amides is 1. The van der Waals surface area contributed by atoms with Gasteiger partial charge < -0.3 is 15.4 Å². The molecule has 0 bridgehead atoms. The third kappa shape index (κ3) is 5.30. The van der Waals surface area contributed by atoms with Crippen molar-refractivity contribution < 1.29 is 22.3 Å². The number of aromatic nitrogens is 2. The van der Waals surface area contributed by atoms with Gasteiger partial charge >= 0.3 is 0 Å². The lowest BCUT2D eigenvalue weighted by atomic mass is 9.89. The average molecular weight is 542 g/mol. The van der Waals surface area contributed by atoms with Crippen molar-refractivity contribution in [2.75, 3.05) is 30.3 Å². The summed E-state index contributed by atoms with van der Waals surface area (Å²) >= 11 is 0. The standard InChI is InChI=1S/C27H32FN5O4S/c1-18(2)16-37-27(10-4-5-19(28)15-27)21-9-8-20(24(30-21)33-14-13-26(17-33)11-12-26)25(34)32-38(35,36)23-7-3-6-22(29)31-23/h3-10,18H,11-17H2,1-2H3,(H2,29,31)(H,32,34). The lowest BCUT2D eigenvalue weighted by Gasteiger charge is -2.33. The molecule has 1 atom stereocenters. The van der Waals surface area contributed by atoms with Crippen LogP contribution in [0.25, 0.3) is 0 Å². The summed E-state index contributed by atoms with van der Waals surface area (Å²) in [6, 6.07) is 7.31. The molecule has 5 rings (SSSR count). The van der Waals surface area contributed by atoms with Gasteiger partial charge in [0.25, 0.3) is 15.9 Å². The maximum absolute atomic E-state index is 14.5. The summed E-state index contributed by atoms with van der Waals surface area (Å²) in [5, 5.41) is -0.356. The zero-order valence-corrected chi connectivity index (χ0v) is 22.3. The Balaban J connectivity index is 1.52. The second kappa shape index (κ2) is 9.77.